The van der Waals surface area contributed by atoms with Crippen LogP contribution in [-0.2, 0) is 13.1 Å². The maximum absolute atomic E-state index is 11.2. The lowest BCUT2D eigenvalue weighted by molar-refractivity contribution is 0.135. The Morgan fingerprint density at radius 1 is 0.848 bits per heavy atom. The van der Waals surface area contributed by atoms with Crippen LogP contribution in [0.25, 0.3) is 33.3 Å². The Morgan fingerprint density at radius 3 is 2.15 bits per heavy atom. The summed E-state index contributed by atoms with van der Waals surface area (Å²) in [6, 6.07) is 25.6. The number of benzene rings is 3. The molecule has 5 rings (SSSR count). The number of rotatable bonds is 6. The van der Waals surface area contributed by atoms with Crippen molar-refractivity contribution in [3.05, 3.63) is 102 Å². The second-order valence-electron chi connectivity index (χ2n) is 8.82. The number of aliphatic hydroxyl groups excluding tert-OH is 1. The Morgan fingerprint density at radius 2 is 1.52 bits per heavy atom. The van der Waals surface area contributed by atoms with E-state index in [9.17, 15) is 5.11 Å². The van der Waals surface area contributed by atoms with Crippen LogP contribution in [0.5, 0.6) is 0 Å². The van der Waals surface area contributed by atoms with Crippen LogP contribution >= 0.6 is 0 Å². The van der Waals surface area contributed by atoms with Gasteiger partial charge in [-0.15, -0.1) is 0 Å². The van der Waals surface area contributed by atoms with Gasteiger partial charge in [0.1, 0.15) is 5.82 Å². The van der Waals surface area contributed by atoms with Crippen LogP contribution in [0.2, 0.25) is 0 Å². The fourth-order valence-corrected chi connectivity index (χ4v) is 4.95. The van der Waals surface area contributed by atoms with Gasteiger partial charge in [-0.1, -0.05) is 72.3 Å². The van der Waals surface area contributed by atoms with Gasteiger partial charge < -0.3 is 14.2 Å². The summed E-state index contributed by atoms with van der Waals surface area (Å²) in [4.78, 5) is 4.30. The summed E-state index contributed by atoms with van der Waals surface area (Å²) in [5.41, 5.74) is 8.33. The minimum Gasteiger partial charge on any atom is -0.389 e. The minimum absolute atomic E-state index is 0.495. The molecule has 0 aliphatic heterocycles. The summed E-state index contributed by atoms with van der Waals surface area (Å²) in [6.45, 7) is 7.28. The summed E-state index contributed by atoms with van der Waals surface area (Å²) < 4.78 is 4.33. The molecular formula is C29H29N3O. The highest BCUT2D eigenvalue weighted by Gasteiger charge is 2.23. The van der Waals surface area contributed by atoms with Gasteiger partial charge in [0.2, 0.25) is 0 Å². The van der Waals surface area contributed by atoms with Crippen LogP contribution in [-0.4, -0.2) is 25.3 Å². The lowest BCUT2D eigenvalue weighted by Crippen LogP contribution is -2.23. The quantitative estimate of drug-likeness (QED) is 0.347. The van der Waals surface area contributed by atoms with Crippen LogP contribution in [0.4, 0.5) is 0 Å². The first kappa shape index (κ1) is 21.2. The number of imidazole rings is 1. The highest BCUT2D eigenvalue weighted by Crippen LogP contribution is 2.42. The zero-order valence-electron chi connectivity index (χ0n) is 19.4. The Bertz CT molecular complexity index is 1400. The highest BCUT2D eigenvalue weighted by molar-refractivity contribution is 6.06. The molecule has 1 unspecified atom stereocenters. The molecule has 3 aromatic carbocycles. The predicted octanol–water partition coefficient (Wildman–Crippen LogP) is 6.16. The molecule has 4 heteroatoms. The van der Waals surface area contributed by atoms with Gasteiger partial charge in [0.25, 0.3) is 0 Å². The Labute approximate surface area is 194 Å². The van der Waals surface area contributed by atoms with Crippen LogP contribution < -0.4 is 0 Å². The molecule has 0 aliphatic carbocycles. The average molecular weight is 436 g/mol. The maximum Gasteiger partial charge on any atom is 0.105 e. The van der Waals surface area contributed by atoms with E-state index in [1.54, 1.807) is 6.20 Å². The van der Waals surface area contributed by atoms with Gasteiger partial charge in [0.15, 0.2) is 0 Å². The molecule has 2 aromatic heterocycles. The van der Waals surface area contributed by atoms with E-state index in [4.69, 9.17) is 0 Å². The molecule has 0 saturated heterocycles. The first-order chi connectivity index (χ1) is 16.0. The summed E-state index contributed by atoms with van der Waals surface area (Å²) in [6.07, 6.45) is 3.15. The molecule has 2 heterocycles. The smallest absolute Gasteiger partial charge is 0.105 e. The van der Waals surface area contributed by atoms with Crippen molar-refractivity contribution in [2.24, 2.45) is 0 Å². The summed E-state index contributed by atoms with van der Waals surface area (Å²) in [5, 5.41) is 12.4. The molecule has 0 amide bonds. The van der Waals surface area contributed by atoms with E-state index in [0.717, 1.165) is 17.1 Å². The fraction of sp³-hybridized carbons (Fsp3) is 0.207. The number of aliphatic hydroxyl groups is 1. The molecule has 33 heavy (non-hydrogen) atoms. The Balaban J connectivity index is 1.76. The summed E-state index contributed by atoms with van der Waals surface area (Å²) >= 11 is 0. The second kappa shape index (κ2) is 8.72. The molecule has 0 bridgehead atoms. The van der Waals surface area contributed by atoms with Crippen molar-refractivity contribution in [3.63, 3.8) is 0 Å². The molecule has 0 fully saturated rings. The molecule has 0 saturated carbocycles. The minimum atomic E-state index is -0.555. The third-order valence-electron chi connectivity index (χ3n) is 6.32. The molecule has 166 valence electrons. The van der Waals surface area contributed by atoms with Crippen molar-refractivity contribution < 1.29 is 5.11 Å². The summed E-state index contributed by atoms with van der Waals surface area (Å²) in [7, 11) is 0. The third kappa shape index (κ3) is 3.98. The topological polar surface area (TPSA) is 43.0 Å². The number of hydrogen-bond acceptors (Lipinski definition) is 2. The van der Waals surface area contributed by atoms with E-state index in [-0.39, 0.29) is 0 Å². The van der Waals surface area contributed by atoms with E-state index in [1.807, 2.05) is 23.8 Å². The standard InChI is InChI=1S/C29H29N3O/c1-20-16-21(2)28-26(17-20)27(23-10-6-4-7-11-23)29(24-12-8-5-9-13-24)32(28)19-25(33)18-31-15-14-30-22(31)3/h4-17,25,33H,18-19H2,1-3H3. The SMILES string of the molecule is Cc1cc(C)c2c(c1)c(-c1ccccc1)c(-c1ccccc1)n2CC(O)Cn1ccnc1C. The largest absolute Gasteiger partial charge is 0.389 e. The monoisotopic (exact) mass is 435 g/mol. The second-order valence-corrected chi connectivity index (χ2v) is 8.82. The van der Waals surface area contributed by atoms with Gasteiger partial charge in [-0.25, -0.2) is 4.98 Å². The van der Waals surface area contributed by atoms with Gasteiger partial charge in [-0.3, -0.25) is 0 Å². The van der Waals surface area contributed by atoms with Gasteiger partial charge >= 0.3 is 0 Å². The van der Waals surface area contributed by atoms with Crippen LogP contribution in [0.15, 0.2) is 85.2 Å². The molecule has 0 radical (unpaired) electrons. The number of hydrogen-bond donors (Lipinski definition) is 1. The number of aromatic nitrogens is 3. The zero-order chi connectivity index (χ0) is 22.9. The van der Waals surface area contributed by atoms with Crippen LogP contribution in [0, 0.1) is 20.8 Å². The first-order valence-electron chi connectivity index (χ1n) is 11.4. The van der Waals surface area contributed by atoms with E-state index in [0.29, 0.717) is 13.1 Å². The third-order valence-corrected chi connectivity index (χ3v) is 6.32. The molecule has 4 nitrogen and oxygen atoms in total. The maximum atomic E-state index is 11.2. The lowest BCUT2D eigenvalue weighted by Gasteiger charge is -2.18. The highest BCUT2D eigenvalue weighted by atomic mass is 16.3. The normalized spacial score (nSPS) is 12.4. The molecule has 1 atom stereocenters. The van der Waals surface area contributed by atoms with Crippen LogP contribution in [0.3, 0.4) is 0 Å². The van der Waals surface area contributed by atoms with Gasteiger partial charge in [0, 0.05) is 23.3 Å². The summed E-state index contributed by atoms with van der Waals surface area (Å²) in [5.74, 6) is 0.909. The van der Waals surface area contributed by atoms with Crippen molar-refractivity contribution in [2.45, 2.75) is 40.0 Å². The Hall–Kier alpha value is -3.63. The molecule has 0 spiro atoms. The molecular weight excluding hydrogens is 406 g/mol. The predicted molar refractivity (Wildman–Crippen MR) is 135 cm³/mol. The van der Waals surface area contributed by atoms with E-state index < -0.39 is 6.10 Å². The molecule has 1 N–H and O–H groups in total. The van der Waals surface area contributed by atoms with E-state index in [2.05, 4.69) is 90.1 Å². The van der Waals surface area contributed by atoms with Crippen molar-refractivity contribution in [1.82, 2.24) is 14.1 Å². The lowest BCUT2D eigenvalue weighted by atomic mass is 9.97. The number of nitrogens with zero attached hydrogens (tertiary/aromatic N) is 3. The molecule has 0 aliphatic rings. The zero-order valence-corrected chi connectivity index (χ0v) is 19.4. The van der Waals surface area contributed by atoms with Crippen molar-refractivity contribution in [1.29, 1.82) is 0 Å². The average Bonchev–Trinajstić information content (AvgIpc) is 3.35. The first-order valence-corrected chi connectivity index (χ1v) is 11.4. The van der Waals surface area contributed by atoms with E-state index >= 15 is 0 Å². The van der Waals surface area contributed by atoms with Crippen molar-refractivity contribution >= 4 is 10.9 Å². The number of fused-ring (bicyclic) bond motifs is 1. The fourth-order valence-electron chi connectivity index (χ4n) is 4.95. The van der Waals surface area contributed by atoms with Gasteiger partial charge in [-0.05, 0) is 43.5 Å². The van der Waals surface area contributed by atoms with Gasteiger partial charge in [-0.2, -0.15) is 0 Å². The Kier molecular flexibility index (Phi) is 5.61. The van der Waals surface area contributed by atoms with E-state index in [1.165, 1.54) is 33.2 Å². The van der Waals surface area contributed by atoms with Crippen LogP contribution in [0.1, 0.15) is 17.0 Å². The number of aryl methyl sites for hydroxylation is 3. The van der Waals surface area contributed by atoms with Gasteiger partial charge in [0.05, 0.1) is 30.4 Å². The van der Waals surface area contributed by atoms with Crippen molar-refractivity contribution in [2.75, 3.05) is 0 Å². The molecule has 5 aromatic rings. The van der Waals surface area contributed by atoms with Crippen molar-refractivity contribution in [3.8, 4) is 22.4 Å².